The third kappa shape index (κ3) is 2.74. The summed E-state index contributed by atoms with van der Waals surface area (Å²) in [5, 5.41) is 8.78. The van der Waals surface area contributed by atoms with Crippen LogP contribution in [0.1, 0.15) is 10.4 Å². The fourth-order valence-electron chi connectivity index (χ4n) is 1.42. The Morgan fingerprint density at radius 2 is 2.05 bits per heavy atom. The average molecular weight is 284 g/mol. The molecule has 0 spiro atoms. The molecule has 0 saturated heterocycles. The third-order valence-electron chi connectivity index (χ3n) is 2.34. The Morgan fingerprint density at radius 1 is 1.32 bits per heavy atom. The SMILES string of the molecule is O=C(O)c1ccc(F)c(NS(=O)(=O)c2cc[nH]c2)c1. The molecule has 1 aromatic carbocycles. The minimum Gasteiger partial charge on any atom is -0.478 e. The van der Waals surface area contributed by atoms with Crippen LogP contribution in [0.4, 0.5) is 10.1 Å². The number of aromatic amines is 1. The van der Waals surface area contributed by atoms with Crippen molar-refractivity contribution in [3.8, 4) is 0 Å². The van der Waals surface area contributed by atoms with Gasteiger partial charge in [-0.05, 0) is 24.3 Å². The number of aromatic carboxylic acids is 1. The van der Waals surface area contributed by atoms with E-state index in [0.29, 0.717) is 0 Å². The lowest BCUT2D eigenvalue weighted by atomic mass is 10.2. The number of hydrogen-bond donors (Lipinski definition) is 3. The number of carboxylic acids is 1. The quantitative estimate of drug-likeness (QED) is 0.794. The highest BCUT2D eigenvalue weighted by Gasteiger charge is 2.17. The van der Waals surface area contributed by atoms with Crippen LogP contribution in [0.25, 0.3) is 0 Å². The van der Waals surface area contributed by atoms with Gasteiger partial charge in [0.1, 0.15) is 10.7 Å². The van der Waals surface area contributed by atoms with Gasteiger partial charge in [-0.25, -0.2) is 17.6 Å². The Morgan fingerprint density at radius 3 is 2.63 bits per heavy atom. The maximum atomic E-state index is 13.5. The summed E-state index contributed by atoms with van der Waals surface area (Å²) in [6.07, 6.45) is 2.62. The standard InChI is InChI=1S/C11H9FN2O4S/c12-9-2-1-7(11(15)16)5-10(9)14-19(17,18)8-3-4-13-6-8/h1-6,13-14H,(H,15,16). The normalized spacial score (nSPS) is 11.2. The number of anilines is 1. The zero-order valence-corrected chi connectivity index (χ0v) is 10.2. The topological polar surface area (TPSA) is 99.3 Å². The molecule has 3 N–H and O–H groups in total. The first-order valence-electron chi connectivity index (χ1n) is 5.08. The number of halogens is 1. The summed E-state index contributed by atoms with van der Waals surface area (Å²) in [6.45, 7) is 0. The monoisotopic (exact) mass is 284 g/mol. The Labute approximate surface area is 107 Å². The van der Waals surface area contributed by atoms with Gasteiger partial charge in [0.15, 0.2) is 0 Å². The number of benzene rings is 1. The van der Waals surface area contributed by atoms with Crippen LogP contribution < -0.4 is 4.72 Å². The van der Waals surface area contributed by atoms with Gasteiger partial charge in [-0.2, -0.15) is 0 Å². The van der Waals surface area contributed by atoms with E-state index in [1.165, 1.54) is 18.5 Å². The van der Waals surface area contributed by atoms with E-state index < -0.39 is 27.5 Å². The molecule has 19 heavy (non-hydrogen) atoms. The summed E-state index contributed by atoms with van der Waals surface area (Å²) in [7, 11) is -3.95. The fraction of sp³-hybridized carbons (Fsp3) is 0. The number of hydrogen-bond acceptors (Lipinski definition) is 3. The van der Waals surface area contributed by atoms with E-state index in [9.17, 15) is 17.6 Å². The second-order valence-corrected chi connectivity index (χ2v) is 5.33. The molecule has 1 heterocycles. The Kier molecular flexibility index (Phi) is 3.26. The minimum atomic E-state index is -3.95. The first-order chi connectivity index (χ1) is 8.90. The summed E-state index contributed by atoms with van der Waals surface area (Å²) in [4.78, 5) is 13.2. The molecule has 8 heteroatoms. The van der Waals surface area contributed by atoms with Gasteiger partial charge in [0.2, 0.25) is 0 Å². The maximum absolute atomic E-state index is 13.5. The van der Waals surface area contributed by atoms with E-state index in [1.54, 1.807) is 0 Å². The average Bonchev–Trinajstić information content (AvgIpc) is 2.85. The zero-order valence-electron chi connectivity index (χ0n) is 9.42. The van der Waals surface area contributed by atoms with Gasteiger partial charge in [0, 0.05) is 12.4 Å². The second-order valence-electron chi connectivity index (χ2n) is 3.65. The van der Waals surface area contributed by atoms with Gasteiger partial charge >= 0.3 is 5.97 Å². The first kappa shape index (κ1) is 13.1. The largest absolute Gasteiger partial charge is 0.478 e. The van der Waals surface area contributed by atoms with Crippen LogP contribution in [-0.4, -0.2) is 24.5 Å². The van der Waals surface area contributed by atoms with Gasteiger partial charge in [0.05, 0.1) is 11.3 Å². The van der Waals surface area contributed by atoms with Crippen molar-refractivity contribution in [3.05, 3.63) is 48.0 Å². The van der Waals surface area contributed by atoms with E-state index in [2.05, 4.69) is 4.98 Å². The molecular weight excluding hydrogens is 275 g/mol. The van der Waals surface area contributed by atoms with E-state index in [1.807, 2.05) is 4.72 Å². The van der Waals surface area contributed by atoms with Crippen LogP contribution in [0, 0.1) is 5.82 Å². The number of carboxylic acid groups (broad SMARTS) is 1. The molecule has 0 amide bonds. The summed E-state index contributed by atoms with van der Waals surface area (Å²) >= 11 is 0. The minimum absolute atomic E-state index is 0.0763. The molecule has 0 aliphatic rings. The van der Waals surface area contributed by atoms with Crippen LogP contribution in [0.2, 0.25) is 0 Å². The van der Waals surface area contributed by atoms with E-state index in [0.717, 1.165) is 18.2 Å². The van der Waals surface area contributed by atoms with Crippen molar-refractivity contribution < 1.29 is 22.7 Å². The van der Waals surface area contributed by atoms with Crippen molar-refractivity contribution in [2.45, 2.75) is 4.90 Å². The molecule has 0 unspecified atom stereocenters. The molecule has 0 fully saturated rings. The molecule has 0 aliphatic carbocycles. The molecule has 100 valence electrons. The van der Waals surface area contributed by atoms with Gasteiger partial charge in [0.25, 0.3) is 10.0 Å². The summed E-state index contributed by atoms with van der Waals surface area (Å²) in [5.74, 6) is -2.13. The zero-order chi connectivity index (χ0) is 14.0. The lowest BCUT2D eigenvalue weighted by molar-refractivity contribution is 0.0697. The highest BCUT2D eigenvalue weighted by Crippen LogP contribution is 2.20. The smallest absolute Gasteiger partial charge is 0.335 e. The van der Waals surface area contributed by atoms with Crippen molar-refractivity contribution in [2.75, 3.05) is 4.72 Å². The van der Waals surface area contributed by atoms with Crippen molar-refractivity contribution in [1.29, 1.82) is 0 Å². The molecule has 0 bridgehead atoms. The van der Waals surface area contributed by atoms with E-state index in [4.69, 9.17) is 5.11 Å². The highest BCUT2D eigenvalue weighted by atomic mass is 32.2. The number of sulfonamides is 1. The summed E-state index contributed by atoms with van der Waals surface area (Å²) in [6, 6.07) is 4.15. The van der Waals surface area contributed by atoms with Crippen molar-refractivity contribution in [3.63, 3.8) is 0 Å². The van der Waals surface area contributed by atoms with Gasteiger partial charge in [-0.3, -0.25) is 4.72 Å². The Bertz CT molecular complexity index is 710. The lowest BCUT2D eigenvalue weighted by Crippen LogP contribution is -2.14. The van der Waals surface area contributed by atoms with Crippen LogP contribution in [-0.2, 0) is 10.0 Å². The molecule has 0 aliphatic heterocycles. The predicted octanol–water partition coefficient (Wildman–Crippen LogP) is 1.65. The van der Waals surface area contributed by atoms with Gasteiger partial charge in [-0.1, -0.05) is 0 Å². The first-order valence-corrected chi connectivity index (χ1v) is 6.57. The third-order valence-corrected chi connectivity index (χ3v) is 3.70. The van der Waals surface area contributed by atoms with Crippen molar-refractivity contribution in [2.24, 2.45) is 0 Å². The Balaban J connectivity index is 2.39. The van der Waals surface area contributed by atoms with Crippen LogP contribution in [0.15, 0.2) is 41.6 Å². The molecular formula is C11H9FN2O4S. The summed E-state index contributed by atoms with van der Waals surface area (Å²) in [5.41, 5.74) is -0.630. The maximum Gasteiger partial charge on any atom is 0.335 e. The van der Waals surface area contributed by atoms with E-state index in [-0.39, 0.29) is 10.5 Å². The fourth-order valence-corrected chi connectivity index (χ4v) is 2.45. The number of carbonyl (C=O) groups is 1. The number of nitrogens with one attached hydrogen (secondary N) is 2. The van der Waals surface area contributed by atoms with Crippen LogP contribution in [0.5, 0.6) is 0 Å². The number of rotatable bonds is 4. The van der Waals surface area contributed by atoms with Gasteiger partial charge < -0.3 is 10.1 Å². The molecule has 6 nitrogen and oxygen atoms in total. The Hall–Kier alpha value is -2.35. The predicted molar refractivity (Wildman–Crippen MR) is 65.0 cm³/mol. The molecule has 2 aromatic rings. The number of aromatic nitrogens is 1. The van der Waals surface area contributed by atoms with Crippen molar-refractivity contribution >= 4 is 21.7 Å². The molecule has 2 rings (SSSR count). The molecule has 1 aromatic heterocycles. The molecule has 0 saturated carbocycles. The van der Waals surface area contributed by atoms with Crippen LogP contribution >= 0.6 is 0 Å². The molecule has 0 radical (unpaired) electrons. The van der Waals surface area contributed by atoms with E-state index >= 15 is 0 Å². The lowest BCUT2D eigenvalue weighted by Gasteiger charge is -2.08. The van der Waals surface area contributed by atoms with Gasteiger partial charge in [-0.15, -0.1) is 0 Å². The molecule has 0 atom stereocenters. The highest BCUT2D eigenvalue weighted by molar-refractivity contribution is 7.92. The summed E-state index contributed by atoms with van der Waals surface area (Å²) < 4.78 is 39.2. The van der Waals surface area contributed by atoms with Crippen molar-refractivity contribution in [1.82, 2.24) is 4.98 Å². The van der Waals surface area contributed by atoms with Crippen LogP contribution in [0.3, 0.4) is 0 Å². The number of H-pyrrole nitrogens is 1. The second kappa shape index (κ2) is 4.73.